The van der Waals surface area contributed by atoms with Crippen molar-refractivity contribution in [2.45, 2.75) is 25.8 Å². The molecular formula is C17H23F2IN4O. The lowest BCUT2D eigenvalue weighted by atomic mass is 9.79. The summed E-state index contributed by atoms with van der Waals surface area (Å²) < 4.78 is 26.7. The summed E-state index contributed by atoms with van der Waals surface area (Å²) in [4.78, 5) is 18.0. The van der Waals surface area contributed by atoms with E-state index in [0.29, 0.717) is 24.5 Å². The van der Waals surface area contributed by atoms with E-state index in [9.17, 15) is 13.6 Å². The highest BCUT2D eigenvalue weighted by Crippen LogP contribution is 2.35. The van der Waals surface area contributed by atoms with E-state index in [1.807, 2.05) is 0 Å². The first-order valence-electron chi connectivity index (χ1n) is 8.18. The quantitative estimate of drug-likeness (QED) is 0.401. The number of hydrogen-bond donors (Lipinski definition) is 2. The zero-order valence-electron chi connectivity index (χ0n) is 14.1. The van der Waals surface area contributed by atoms with Gasteiger partial charge >= 0.3 is 0 Å². The molecule has 0 saturated carbocycles. The minimum absolute atomic E-state index is 0. The molecule has 2 fully saturated rings. The molecule has 138 valence electrons. The number of amides is 1. The van der Waals surface area contributed by atoms with Crippen molar-refractivity contribution < 1.29 is 13.6 Å². The third-order valence-corrected chi connectivity index (χ3v) is 4.82. The van der Waals surface area contributed by atoms with Gasteiger partial charge in [0.05, 0.1) is 0 Å². The van der Waals surface area contributed by atoms with Crippen LogP contribution in [0.1, 0.15) is 24.8 Å². The summed E-state index contributed by atoms with van der Waals surface area (Å²) in [7, 11) is 1.68. The molecule has 1 atom stereocenters. The molecular weight excluding hydrogens is 441 g/mol. The van der Waals surface area contributed by atoms with Gasteiger partial charge in [-0.2, -0.15) is 0 Å². The Morgan fingerprint density at radius 1 is 1.44 bits per heavy atom. The fraction of sp³-hybridized carbons (Fsp3) is 0.529. The van der Waals surface area contributed by atoms with Gasteiger partial charge in [0.2, 0.25) is 5.91 Å². The maximum absolute atomic E-state index is 13.8. The first-order valence-corrected chi connectivity index (χ1v) is 8.18. The number of carbonyl (C=O) groups excluding carboxylic acids is 1. The van der Waals surface area contributed by atoms with Crippen LogP contribution in [0.5, 0.6) is 0 Å². The Hall–Kier alpha value is -1.45. The van der Waals surface area contributed by atoms with Crippen molar-refractivity contribution in [2.75, 3.05) is 26.7 Å². The van der Waals surface area contributed by atoms with Gasteiger partial charge in [-0.25, -0.2) is 8.78 Å². The largest absolute Gasteiger partial charge is 0.355 e. The van der Waals surface area contributed by atoms with E-state index in [1.54, 1.807) is 7.05 Å². The number of rotatable bonds is 2. The Morgan fingerprint density at radius 3 is 2.88 bits per heavy atom. The van der Waals surface area contributed by atoms with Crippen molar-refractivity contribution in [3.05, 3.63) is 35.4 Å². The van der Waals surface area contributed by atoms with Gasteiger partial charge in [0, 0.05) is 56.7 Å². The Kier molecular flexibility index (Phi) is 6.59. The van der Waals surface area contributed by atoms with E-state index in [0.717, 1.165) is 32.0 Å². The number of likely N-dealkylation sites (tertiary alicyclic amines) is 1. The first kappa shape index (κ1) is 19.9. The van der Waals surface area contributed by atoms with E-state index >= 15 is 0 Å². The maximum Gasteiger partial charge on any atom is 0.220 e. The molecule has 1 spiro atoms. The molecule has 2 aliphatic rings. The summed E-state index contributed by atoms with van der Waals surface area (Å²) in [5.41, 5.74) is 0.357. The molecule has 0 aliphatic carbocycles. The second kappa shape index (κ2) is 8.29. The Morgan fingerprint density at radius 2 is 2.24 bits per heavy atom. The maximum atomic E-state index is 13.8. The molecule has 1 aromatic carbocycles. The summed E-state index contributed by atoms with van der Waals surface area (Å²) in [6.07, 6.45) is 2.56. The van der Waals surface area contributed by atoms with Gasteiger partial charge in [0.15, 0.2) is 5.96 Å². The van der Waals surface area contributed by atoms with Crippen LogP contribution >= 0.6 is 24.0 Å². The highest BCUT2D eigenvalue weighted by Gasteiger charge is 2.42. The molecule has 25 heavy (non-hydrogen) atoms. The van der Waals surface area contributed by atoms with Crippen LogP contribution in [-0.4, -0.2) is 43.4 Å². The summed E-state index contributed by atoms with van der Waals surface area (Å²) >= 11 is 0. The molecule has 0 radical (unpaired) electrons. The highest BCUT2D eigenvalue weighted by atomic mass is 127. The lowest BCUT2D eigenvalue weighted by Crippen LogP contribution is -2.51. The zero-order valence-corrected chi connectivity index (χ0v) is 16.5. The summed E-state index contributed by atoms with van der Waals surface area (Å²) in [5.74, 6) is -0.374. The lowest BCUT2D eigenvalue weighted by molar-refractivity contribution is -0.119. The molecule has 3 rings (SSSR count). The predicted molar refractivity (Wildman–Crippen MR) is 103 cm³/mol. The number of carbonyl (C=O) groups is 1. The van der Waals surface area contributed by atoms with Crippen molar-refractivity contribution in [2.24, 2.45) is 10.4 Å². The standard InChI is InChI=1S/C17H22F2N4O.HI/c1-20-16(21-9-12-3-4-13(18)7-14(12)19)23-6-2-5-17(11-23)8-15(24)22-10-17;/h3-4,7H,2,5-6,8-11H2,1H3,(H,20,21)(H,22,24);1H. The highest BCUT2D eigenvalue weighted by molar-refractivity contribution is 14.0. The number of hydrogen-bond acceptors (Lipinski definition) is 2. The predicted octanol–water partition coefficient (Wildman–Crippen LogP) is 2.26. The van der Waals surface area contributed by atoms with Gasteiger partial charge in [-0.05, 0) is 18.9 Å². The van der Waals surface area contributed by atoms with Crippen LogP contribution in [0.4, 0.5) is 8.78 Å². The Labute approximate surface area is 163 Å². The van der Waals surface area contributed by atoms with Gasteiger partial charge in [-0.15, -0.1) is 24.0 Å². The van der Waals surface area contributed by atoms with E-state index in [2.05, 4.69) is 20.5 Å². The number of piperidine rings is 1. The number of nitrogens with one attached hydrogen (secondary N) is 2. The third kappa shape index (κ3) is 4.59. The summed E-state index contributed by atoms with van der Waals surface area (Å²) in [5, 5.41) is 6.06. The van der Waals surface area contributed by atoms with Crippen LogP contribution in [0.3, 0.4) is 0 Å². The van der Waals surface area contributed by atoms with E-state index in [4.69, 9.17) is 0 Å². The number of aliphatic imine (C=N–C) groups is 1. The molecule has 1 unspecified atom stereocenters. The minimum atomic E-state index is -0.586. The van der Waals surface area contributed by atoms with E-state index in [-0.39, 0.29) is 41.8 Å². The van der Waals surface area contributed by atoms with Gasteiger partial charge in [-0.3, -0.25) is 9.79 Å². The molecule has 2 N–H and O–H groups in total. The normalized spacial score (nSPS) is 23.4. The smallest absolute Gasteiger partial charge is 0.220 e. The van der Waals surface area contributed by atoms with E-state index in [1.165, 1.54) is 12.1 Å². The average Bonchev–Trinajstić information content (AvgIpc) is 2.90. The molecule has 8 heteroatoms. The number of nitrogens with zero attached hydrogens (tertiary/aromatic N) is 2. The Bertz CT molecular complexity index is 670. The third-order valence-electron chi connectivity index (χ3n) is 4.82. The molecule has 0 bridgehead atoms. The van der Waals surface area contributed by atoms with Crippen molar-refractivity contribution >= 4 is 35.8 Å². The van der Waals surface area contributed by atoms with Gasteiger partial charge in [0.25, 0.3) is 0 Å². The Balaban J connectivity index is 0.00000225. The fourth-order valence-electron chi connectivity index (χ4n) is 3.60. The molecule has 0 aromatic heterocycles. The zero-order chi connectivity index (χ0) is 17.2. The fourth-order valence-corrected chi connectivity index (χ4v) is 3.60. The summed E-state index contributed by atoms with van der Waals surface area (Å²) in [6.45, 7) is 2.53. The molecule has 2 saturated heterocycles. The van der Waals surface area contributed by atoms with Gasteiger partial charge in [0.1, 0.15) is 11.6 Å². The summed E-state index contributed by atoms with van der Waals surface area (Å²) in [6, 6.07) is 3.56. The second-order valence-electron chi connectivity index (χ2n) is 6.62. The average molecular weight is 464 g/mol. The van der Waals surface area contributed by atoms with Crippen LogP contribution in [0.15, 0.2) is 23.2 Å². The van der Waals surface area contributed by atoms with Gasteiger partial charge < -0.3 is 15.5 Å². The van der Waals surface area contributed by atoms with Crippen molar-refractivity contribution in [1.82, 2.24) is 15.5 Å². The first-order chi connectivity index (χ1) is 11.5. The monoisotopic (exact) mass is 464 g/mol. The number of guanidine groups is 1. The number of benzene rings is 1. The topological polar surface area (TPSA) is 56.7 Å². The van der Waals surface area contributed by atoms with Crippen LogP contribution in [0.25, 0.3) is 0 Å². The van der Waals surface area contributed by atoms with Crippen molar-refractivity contribution in [1.29, 1.82) is 0 Å². The van der Waals surface area contributed by atoms with Crippen molar-refractivity contribution in [3.8, 4) is 0 Å². The molecule has 1 aromatic rings. The lowest BCUT2D eigenvalue weighted by Gasteiger charge is -2.40. The molecule has 1 amide bonds. The SMILES string of the molecule is CN=C(NCc1ccc(F)cc1F)N1CCCC2(CNC(=O)C2)C1.I. The van der Waals surface area contributed by atoms with Crippen LogP contribution in [-0.2, 0) is 11.3 Å². The van der Waals surface area contributed by atoms with E-state index < -0.39 is 11.6 Å². The van der Waals surface area contributed by atoms with Crippen molar-refractivity contribution in [3.63, 3.8) is 0 Å². The van der Waals surface area contributed by atoms with Crippen LogP contribution in [0.2, 0.25) is 0 Å². The second-order valence-corrected chi connectivity index (χ2v) is 6.62. The molecule has 2 heterocycles. The van der Waals surface area contributed by atoms with Crippen LogP contribution in [0, 0.1) is 17.0 Å². The van der Waals surface area contributed by atoms with Crippen LogP contribution < -0.4 is 10.6 Å². The molecule has 2 aliphatic heterocycles. The minimum Gasteiger partial charge on any atom is -0.355 e. The number of halogens is 3. The molecule has 5 nitrogen and oxygen atoms in total. The van der Waals surface area contributed by atoms with Gasteiger partial charge in [-0.1, -0.05) is 6.07 Å².